The second kappa shape index (κ2) is 7.98. The summed E-state index contributed by atoms with van der Waals surface area (Å²) in [5.74, 6) is -0.0381. The minimum absolute atomic E-state index is 0.00505. The largest absolute Gasteiger partial charge is 0.383 e. The van der Waals surface area contributed by atoms with Gasteiger partial charge in [0.1, 0.15) is 0 Å². The summed E-state index contributed by atoms with van der Waals surface area (Å²) in [5.41, 5.74) is 2.88. The zero-order valence-electron chi connectivity index (χ0n) is 14.4. The highest BCUT2D eigenvalue weighted by molar-refractivity contribution is 6.33. The Kier molecular flexibility index (Phi) is 5.98. The van der Waals surface area contributed by atoms with Crippen molar-refractivity contribution in [2.45, 2.75) is 13.3 Å². The number of hydrogen-bond acceptors (Lipinski definition) is 4. The highest BCUT2D eigenvalue weighted by Crippen LogP contribution is 2.30. The highest BCUT2D eigenvalue weighted by atomic mass is 35.5. The monoisotopic (exact) mass is 361 g/mol. The van der Waals surface area contributed by atoms with Crippen molar-refractivity contribution in [2.75, 3.05) is 26.0 Å². The van der Waals surface area contributed by atoms with E-state index in [2.05, 4.69) is 5.32 Å². The number of nitrogens with one attached hydrogen (secondary N) is 1. The van der Waals surface area contributed by atoms with Gasteiger partial charge in [-0.1, -0.05) is 23.7 Å². The van der Waals surface area contributed by atoms with Crippen molar-refractivity contribution in [1.82, 2.24) is 4.90 Å². The molecule has 0 aliphatic carbocycles. The lowest BCUT2D eigenvalue weighted by Crippen LogP contribution is -2.21. The van der Waals surface area contributed by atoms with E-state index in [-0.39, 0.29) is 11.6 Å². The Bertz CT molecular complexity index is 806. The van der Waals surface area contributed by atoms with Gasteiger partial charge in [0.05, 0.1) is 15.6 Å². The molecular formula is C18H20ClN3O3. The van der Waals surface area contributed by atoms with Crippen LogP contribution in [0.5, 0.6) is 0 Å². The Morgan fingerprint density at radius 3 is 2.64 bits per heavy atom. The Morgan fingerprint density at radius 1 is 1.28 bits per heavy atom. The molecule has 0 aliphatic rings. The average molecular weight is 362 g/mol. The maximum absolute atomic E-state index is 12.0. The number of halogens is 1. The van der Waals surface area contributed by atoms with Gasteiger partial charge in [-0.3, -0.25) is 14.9 Å². The molecule has 1 amide bonds. The molecule has 0 bridgehead atoms. The fraction of sp³-hybridized carbons (Fsp3) is 0.278. The van der Waals surface area contributed by atoms with Crippen LogP contribution in [0.25, 0.3) is 0 Å². The first-order chi connectivity index (χ1) is 11.8. The van der Waals surface area contributed by atoms with Crippen LogP contribution in [0.3, 0.4) is 0 Å². The molecule has 0 aromatic heterocycles. The molecule has 2 aromatic rings. The number of carbonyl (C=O) groups excluding carboxylic acids is 1. The molecule has 132 valence electrons. The van der Waals surface area contributed by atoms with E-state index >= 15 is 0 Å². The summed E-state index contributed by atoms with van der Waals surface area (Å²) in [6.07, 6.45) is 0.695. The van der Waals surface area contributed by atoms with Crippen LogP contribution < -0.4 is 5.32 Å². The molecule has 2 aromatic carbocycles. The first-order valence-electron chi connectivity index (χ1n) is 7.78. The molecular weight excluding hydrogens is 342 g/mol. The average Bonchev–Trinajstić information content (AvgIpc) is 2.56. The van der Waals surface area contributed by atoms with Crippen LogP contribution in [0.1, 0.15) is 21.5 Å². The maximum Gasteiger partial charge on any atom is 0.273 e. The summed E-state index contributed by atoms with van der Waals surface area (Å²) < 4.78 is 0. The Labute approximate surface area is 151 Å². The van der Waals surface area contributed by atoms with Crippen LogP contribution in [0.4, 0.5) is 11.4 Å². The first-order valence-corrected chi connectivity index (χ1v) is 8.16. The Morgan fingerprint density at radius 2 is 2.00 bits per heavy atom. The van der Waals surface area contributed by atoms with E-state index in [1.807, 2.05) is 18.2 Å². The molecule has 7 heteroatoms. The van der Waals surface area contributed by atoms with Crippen LogP contribution in [0.15, 0.2) is 36.4 Å². The number of hydrogen-bond donors (Lipinski definition) is 1. The molecule has 0 saturated carbocycles. The number of aryl methyl sites for hydroxylation is 1. The fourth-order valence-corrected chi connectivity index (χ4v) is 2.69. The predicted molar refractivity (Wildman–Crippen MR) is 99.5 cm³/mol. The minimum Gasteiger partial charge on any atom is -0.383 e. The number of nitrogens with zero attached hydrogens (tertiary/aromatic N) is 2. The lowest BCUT2D eigenvalue weighted by Gasteiger charge is -2.12. The highest BCUT2D eigenvalue weighted by Gasteiger charge is 2.14. The quantitative estimate of drug-likeness (QED) is 0.625. The van der Waals surface area contributed by atoms with Gasteiger partial charge in [-0.15, -0.1) is 0 Å². The molecule has 0 fully saturated rings. The second-order valence-corrected chi connectivity index (χ2v) is 6.36. The molecule has 1 N–H and O–H groups in total. The van der Waals surface area contributed by atoms with Crippen molar-refractivity contribution in [1.29, 1.82) is 0 Å². The summed E-state index contributed by atoms with van der Waals surface area (Å²) in [5, 5.41) is 14.4. The topological polar surface area (TPSA) is 75.5 Å². The van der Waals surface area contributed by atoms with E-state index < -0.39 is 4.92 Å². The second-order valence-electron chi connectivity index (χ2n) is 5.95. The zero-order chi connectivity index (χ0) is 18.6. The summed E-state index contributed by atoms with van der Waals surface area (Å²) in [6.45, 7) is 2.27. The standard InChI is InChI=1S/C18H20ClN3O3/c1-12-9-16(15(19)11-17(12)22(24)25)20-8-7-13-5-4-6-14(10-13)18(23)21(2)3/h4-6,9-11,20H,7-8H2,1-3H3. The summed E-state index contributed by atoms with van der Waals surface area (Å²) in [6, 6.07) is 10.5. The van der Waals surface area contributed by atoms with Gasteiger partial charge in [0.25, 0.3) is 11.6 Å². The van der Waals surface area contributed by atoms with E-state index in [9.17, 15) is 14.9 Å². The lowest BCUT2D eigenvalue weighted by atomic mass is 10.1. The van der Waals surface area contributed by atoms with E-state index in [0.717, 1.165) is 5.56 Å². The van der Waals surface area contributed by atoms with Crippen LogP contribution in [-0.2, 0) is 6.42 Å². The molecule has 0 spiro atoms. The molecule has 6 nitrogen and oxygen atoms in total. The van der Waals surface area contributed by atoms with Crippen LogP contribution >= 0.6 is 11.6 Å². The van der Waals surface area contributed by atoms with Gasteiger partial charge in [0.2, 0.25) is 0 Å². The molecule has 25 heavy (non-hydrogen) atoms. The molecule has 2 rings (SSSR count). The summed E-state index contributed by atoms with van der Waals surface area (Å²) in [4.78, 5) is 24.0. The minimum atomic E-state index is -0.446. The number of rotatable bonds is 6. The third-order valence-electron chi connectivity index (χ3n) is 3.79. The summed E-state index contributed by atoms with van der Waals surface area (Å²) in [7, 11) is 3.44. The molecule has 0 saturated heterocycles. The third-order valence-corrected chi connectivity index (χ3v) is 4.10. The van der Waals surface area contributed by atoms with Crippen LogP contribution in [0.2, 0.25) is 5.02 Å². The van der Waals surface area contributed by atoms with Crippen LogP contribution in [0, 0.1) is 17.0 Å². The van der Waals surface area contributed by atoms with Crippen LogP contribution in [-0.4, -0.2) is 36.4 Å². The van der Waals surface area contributed by atoms with Crippen molar-refractivity contribution in [3.63, 3.8) is 0 Å². The smallest absolute Gasteiger partial charge is 0.273 e. The summed E-state index contributed by atoms with van der Waals surface area (Å²) >= 11 is 6.11. The molecule has 0 unspecified atom stereocenters. The Balaban J connectivity index is 2.04. The van der Waals surface area contributed by atoms with Gasteiger partial charge >= 0.3 is 0 Å². The third kappa shape index (κ3) is 4.70. The zero-order valence-corrected chi connectivity index (χ0v) is 15.1. The van der Waals surface area contributed by atoms with Gasteiger partial charge in [-0.05, 0) is 37.1 Å². The van der Waals surface area contributed by atoms with Gasteiger partial charge in [0, 0.05) is 37.8 Å². The SMILES string of the molecule is Cc1cc(NCCc2cccc(C(=O)N(C)C)c2)c(Cl)cc1[N+](=O)[O-]. The lowest BCUT2D eigenvalue weighted by molar-refractivity contribution is -0.385. The number of anilines is 1. The number of carbonyl (C=O) groups is 1. The van der Waals surface area contributed by atoms with E-state index in [1.54, 1.807) is 33.2 Å². The van der Waals surface area contributed by atoms with Gasteiger partial charge < -0.3 is 10.2 Å². The number of nitro benzene ring substituents is 1. The first kappa shape index (κ1) is 18.7. The molecule has 0 atom stereocenters. The predicted octanol–water partition coefficient (Wildman–Crippen LogP) is 3.91. The van der Waals surface area contributed by atoms with Crippen molar-refractivity contribution < 1.29 is 9.72 Å². The number of nitro groups is 1. The molecule has 0 aliphatic heterocycles. The van der Waals surface area contributed by atoms with Gasteiger partial charge in [0.15, 0.2) is 0 Å². The maximum atomic E-state index is 12.0. The van der Waals surface area contributed by atoms with Gasteiger partial charge in [-0.25, -0.2) is 0 Å². The van der Waals surface area contributed by atoms with Crippen molar-refractivity contribution >= 4 is 28.9 Å². The Hall–Kier alpha value is -2.60. The van der Waals surface area contributed by atoms with E-state index in [1.165, 1.54) is 11.0 Å². The normalized spacial score (nSPS) is 10.4. The molecule has 0 radical (unpaired) electrons. The number of amides is 1. The van der Waals surface area contributed by atoms with Crippen molar-refractivity contribution in [2.24, 2.45) is 0 Å². The van der Waals surface area contributed by atoms with Gasteiger partial charge in [-0.2, -0.15) is 0 Å². The molecule has 0 heterocycles. The number of benzene rings is 2. The van der Waals surface area contributed by atoms with E-state index in [4.69, 9.17) is 11.6 Å². The van der Waals surface area contributed by atoms with E-state index in [0.29, 0.717) is 34.8 Å². The fourth-order valence-electron chi connectivity index (χ4n) is 2.46. The van der Waals surface area contributed by atoms with Crippen molar-refractivity contribution in [3.05, 3.63) is 68.2 Å². The van der Waals surface area contributed by atoms with Crippen molar-refractivity contribution in [3.8, 4) is 0 Å².